The van der Waals surface area contributed by atoms with Crippen LogP contribution in [0.25, 0.3) is 17.9 Å². The molecule has 0 amide bonds. The zero-order valence-electron chi connectivity index (χ0n) is 40.5. The number of phenolic OH excluding ortho intramolecular Hbond substituents is 3. The third-order valence-electron chi connectivity index (χ3n) is 12.8. The van der Waals surface area contributed by atoms with Crippen molar-refractivity contribution in [1.82, 2.24) is 0 Å². The number of rotatable bonds is 17. The Bertz CT molecular complexity index is 2750. The number of methoxy groups -OCH3 is 1. The summed E-state index contributed by atoms with van der Waals surface area (Å²) in [4.78, 5) is 25.7. The SMILES string of the molecule is COc1cc(/C=C/C(=O)OC[C@H]2O[C@@H](OC3=C(c4ccc(O)cc4)[OH+]C4C=C(O)C=C(O[C@@H]5O[C@H](CO)[C@@H](O)[C@H](O)[C@H]5O)C4=C3)[C@H](O[C@@H]3O[C@H](COC(=O)/C=C/c4ccc(O)cc4)[C@@H](O)[C@H](O)[C@H]3O)[C@@H](O)[C@@H]2O)ccc1O. The summed E-state index contributed by atoms with van der Waals surface area (Å²) in [7, 11) is 1.33. The first-order chi connectivity index (χ1) is 36.8. The Hall–Kier alpha value is -7.08. The fraction of sp³-hybridized carbons (Fsp3) is 0.385. The number of carbonyl (C=O) groups is 2. The third-order valence-corrected chi connectivity index (χ3v) is 12.8. The number of allylic oxidation sites excluding steroid dienone is 2. The Morgan fingerprint density at radius 2 is 1.16 bits per heavy atom. The lowest BCUT2D eigenvalue weighted by Gasteiger charge is -2.46. The standard InChI is InChI=1S/C52H56O25/c1-68-33-16-24(4-13-30(33)57)6-15-39(59)70-22-37-42(62)45(65)49(77-51-47(67)44(64)41(61)36(75-51)21-69-38(58)14-5-23-2-9-26(54)10-3-23)52(76-37)73-34-19-29-31(71-48(34)25-7-11-27(55)12-8-25)17-28(56)18-32(29)72-50-46(66)43(63)40(60)35(20-53)74-50/h2-19,31,35-37,40-47,49-57,60-67H,20-22H2,1H3/p+1/b14-5+,15-6+/t31?,35-,36-,37-,40-,41-,42-,43+,44+,45+,46-,47-,49-,50-,51+,52-/m1/s1. The summed E-state index contributed by atoms with van der Waals surface area (Å²) in [6, 6.07) is 15.6. The molecule has 1 aliphatic carbocycles. The Morgan fingerprint density at radius 3 is 1.78 bits per heavy atom. The molecular weight excluding hydrogens is 1020 g/mol. The molecule has 414 valence electrons. The first-order valence-corrected chi connectivity index (χ1v) is 23.8. The predicted molar refractivity (Wildman–Crippen MR) is 259 cm³/mol. The molecule has 0 saturated carbocycles. The normalized spacial score (nSPS) is 32.3. The predicted octanol–water partition coefficient (Wildman–Crippen LogP) is -1.36. The second-order valence-electron chi connectivity index (χ2n) is 18.1. The summed E-state index contributed by atoms with van der Waals surface area (Å²) in [5.41, 5.74) is 1.29. The van der Waals surface area contributed by atoms with Crippen LogP contribution < -0.4 is 4.74 Å². The smallest absolute Gasteiger partial charge is 0.330 e. The van der Waals surface area contributed by atoms with Gasteiger partial charge in [0.25, 0.3) is 0 Å². The maximum Gasteiger partial charge on any atom is 0.330 e. The van der Waals surface area contributed by atoms with Crippen LogP contribution in [0.5, 0.6) is 23.0 Å². The van der Waals surface area contributed by atoms with E-state index in [-0.39, 0.29) is 51.4 Å². The Labute approximate surface area is 437 Å². The molecule has 0 aromatic heterocycles. The number of hydrogen-bond acceptors (Lipinski definition) is 24. The van der Waals surface area contributed by atoms with Crippen molar-refractivity contribution in [2.24, 2.45) is 0 Å². The molecule has 3 saturated heterocycles. The van der Waals surface area contributed by atoms with Crippen molar-refractivity contribution in [1.29, 1.82) is 0 Å². The monoisotopic (exact) mass is 1080 g/mol. The molecule has 1 unspecified atom stereocenters. The Kier molecular flexibility index (Phi) is 17.9. The van der Waals surface area contributed by atoms with Gasteiger partial charge in [-0.2, -0.15) is 0 Å². The molecule has 77 heavy (non-hydrogen) atoms. The van der Waals surface area contributed by atoms with Gasteiger partial charge in [-0.15, -0.1) is 0 Å². The molecule has 4 heterocycles. The lowest BCUT2D eigenvalue weighted by molar-refractivity contribution is -0.363. The molecule has 3 aromatic rings. The molecule has 8 rings (SSSR count). The number of hydrogen-bond donors (Lipinski definition) is 13. The van der Waals surface area contributed by atoms with E-state index in [1.165, 1.54) is 98.1 Å². The van der Waals surface area contributed by atoms with Crippen molar-refractivity contribution in [3.05, 3.63) is 137 Å². The van der Waals surface area contributed by atoms with E-state index >= 15 is 0 Å². The Balaban J connectivity index is 1.10. The minimum absolute atomic E-state index is 0.00569. The van der Waals surface area contributed by atoms with E-state index in [2.05, 4.69) is 0 Å². The summed E-state index contributed by atoms with van der Waals surface area (Å²) in [5.74, 6) is -2.97. The molecule has 25 nitrogen and oxygen atoms in total. The van der Waals surface area contributed by atoms with Gasteiger partial charge in [0.15, 0.2) is 23.9 Å². The first-order valence-electron chi connectivity index (χ1n) is 23.8. The lowest BCUT2D eigenvalue weighted by Crippen LogP contribution is -2.64. The Morgan fingerprint density at radius 1 is 0.610 bits per heavy atom. The van der Waals surface area contributed by atoms with Crippen LogP contribution in [-0.4, -0.2) is 208 Å². The topological polar surface area (TPSA) is 393 Å². The second-order valence-corrected chi connectivity index (χ2v) is 18.1. The first kappa shape index (κ1) is 56.1. The van der Waals surface area contributed by atoms with Crippen LogP contribution in [0, 0.1) is 0 Å². The van der Waals surface area contributed by atoms with Crippen LogP contribution in [0.4, 0.5) is 0 Å². The van der Waals surface area contributed by atoms with Gasteiger partial charge in [0.2, 0.25) is 24.4 Å². The zero-order chi connectivity index (χ0) is 55.2. The van der Waals surface area contributed by atoms with E-state index in [0.29, 0.717) is 11.1 Å². The van der Waals surface area contributed by atoms with Gasteiger partial charge in [-0.1, -0.05) is 18.2 Å². The van der Waals surface area contributed by atoms with Gasteiger partial charge < -0.3 is 114 Å². The largest absolute Gasteiger partial charge is 0.571 e. The summed E-state index contributed by atoms with van der Waals surface area (Å²) in [5, 5.41) is 139. The molecule has 5 aliphatic rings. The zero-order valence-corrected chi connectivity index (χ0v) is 40.5. The van der Waals surface area contributed by atoms with Gasteiger partial charge in [0.05, 0.1) is 30.9 Å². The van der Waals surface area contributed by atoms with Gasteiger partial charge in [0.1, 0.15) is 103 Å². The number of carbonyl (C=O) groups excluding carboxylic acids is 2. The summed E-state index contributed by atoms with van der Waals surface area (Å²) < 4.78 is 56.6. The molecule has 0 spiro atoms. The molecule has 3 aromatic carbocycles. The lowest BCUT2D eigenvalue weighted by atomic mass is 9.96. The van der Waals surface area contributed by atoms with Crippen molar-refractivity contribution in [2.45, 2.75) is 98.2 Å². The van der Waals surface area contributed by atoms with Crippen molar-refractivity contribution in [3.63, 3.8) is 0 Å². The molecule has 0 radical (unpaired) electrons. The molecule has 0 bridgehead atoms. The highest BCUT2D eigenvalue weighted by Crippen LogP contribution is 2.40. The van der Waals surface area contributed by atoms with Crippen molar-refractivity contribution < 1.29 is 123 Å². The molecule has 16 atom stereocenters. The fourth-order valence-electron chi connectivity index (χ4n) is 8.52. The maximum absolute atomic E-state index is 13.0. The maximum atomic E-state index is 13.0. The second kappa shape index (κ2) is 24.5. The van der Waals surface area contributed by atoms with Crippen LogP contribution >= 0.6 is 0 Å². The summed E-state index contributed by atoms with van der Waals surface area (Å²) >= 11 is 0. The molecule has 14 N–H and O–H groups in total. The number of aliphatic hydroxyl groups is 12. The number of benzene rings is 3. The quantitative estimate of drug-likeness (QED) is 0.0422. The number of aliphatic hydroxyl groups excluding tert-OH is 10. The van der Waals surface area contributed by atoms with Gasteiger partial charge in [-0.05, 0) is 71.8 Å². The van der Waals surface area contributed by atoms with E-state index in [1.807, 2.05) is 0 Å². The minimum atomic E-state index is -2.10. The molecular formula is C52H57O25+. The van der Waals surface area contributed by atoms with E-state index in [9.17, 15) is 76.0 Å². The average molecular weight is 1080 g/mol. The van der Waals surface area contributed by atoms with Crippen molar-refractivity contribution in [3.8, 4) is 23.0 Å². The summed E-state index contributed by atoms with van der Waals surface area (Å²) in [6.07, 6.45) is -20.5. The van der Waals surface area contributed by atoms with E-state index in [4.69, 9.17) is 47.4 Å². The van der Waals surface area contributed by atoms with Gasteiger partial charge in [0, 0.05) is 24.3 Å². The highest BCUT2D eigenvalue weighted by atomic mass is 16.8. The van der Waals surface area contributed by atoms with Crippen LogP contribution in [-0.2, 0) is 47.5 Å². The van der Waals surface area contributed by atoms with Crippen LogP contribution in [0.3, 0.4) is 0 Å². The van der Waals surface area contributed by atoms with Crippen LogP contribution in [0.1, 0.15) is 16.7 Å². The number of ether oxygens (including phenoxy) is 10. The summed E-state index contributed by atoms with van der Waals surface area (Å²) in [6.45, 7) is -2.26. The fourth-order valence-corrected chi connectivity index (χ4v) is 8.52. The number of esters is 2. The van der Waals surface area contributed by atoms with Gasteiger partial charge in [-0.3, -0.25) is 0 Å². The van der Waals surface area contributed by atoms with E-state index in [1.54, 1.807) is 0 Å². The van der Waals surface area contributed by atoms with Crippen LogP contribution in [0.15, 0.2) is 120 Å². The number of phenols is 3. The number of fused-ring (bicyclic) bond motifs is 1. The van der Waals surface area contributed by atoms with Gasteiger partial charge >= 0.3 is 17.7 Å². The highest BCUT2D eigenvalue weighted by Gasteiger charge is 2.53. The minimum Gasteiger partial charge on any atom is -0.571 e. The third kappa shape index (κ3) is 13.0. The molecule has 4 aliphatic heterocycles. The van der Waals surface area contributed by atoms with E-state index in [0.717, 1.165) is 18.2 Å². The molecule has 3 fully saturated rings. The number of aromatic hydroxyl groups is 3. The van der Waals surface area contributed by atoms with Crippen molar-refractivity contribution >= 4 is 29.8 Å². The average Bonchev–Trinajstić information content (AvgIpc) is 3.46. The van der Waals surface area contributed by atoms with E-state index < -0.39 is 136 Å². The van der Waals surface area contributed by atoms with Gasteiger partial charge in [-0.25, -0.2) is 9.59 Å². The highest BCUT2D eigenvalue weighted by molar-refractivity contribution is 5.87. The molecule has 25 heteroatoms. The van der Waals surface area contributed by atoms with Crippen molar-refractivity contribution in [2.75, 3.05) is 26.9 Å². The van der Waals surface area contributed by atoms with Crippen LogP contribution in [0.2, 0.25) is 0 Å².